The van der Waals surface area contributed by atoms with Crippen LogP contribution in [0.5, 0.6) is 0 Å². The molecule has 0 fully saturated rings. The van der Waals surface area contributed by atoms with Gasteiger partial charge in [0.25, 0.3) is 0 Å². The van der Waals surface area contributed by atoms with Crippen molar-refractivity contribution in [3.63, 3.8) is 0 Å². The predicted molar refractivity (Wildman–Crippen MR) is 110 cm³/mol. The van der Waals surface area contributed by atoms with E-state index in [1.165, 1.54) is 22.3 Å². The van der Waals surface area contributed by atoms with E-state index in [9.17, 15) is 0 Å². The molecule has 0 aliphatic rings. The van der Waals surface area contributed by atoms with Gasteiger partial charge in [0.05, 0.1) is 0 Å². The molecule has 0 amide bonds. The lowest BCUT2D eigenvalue weighted by atomic mass is 10.0. The molecular formula is C25H30. The van der Waals surface area contributed by atoms with Crippen LogP contribution in [-0.4, -0.2) is 0 Å². The predicted octanol–water partition coefficient (Wildman–Crippen LogP) is 7.08. The third-order valence-electron chi connectivity index (χ3n) is 4.48. The quantitative estimate of drug-likeness (QED) is 0.340. The summed E-state index contributed by atoms with van der Waals surface area (Å²) in [6, 6.07) is 21.4. The van der Waals surface area contributed by atoms with Crippen LogP contribution in [0.25, 0.3) is 0 Å². The normalized spacial score (nSPS) is 10.6. The lowest BCUT2D eigenvalue weighted by molar-refractivity contribution is 0.941. The van der Waals surface area contributed by atoms with E-state index in [0.717, 1.165) is 38.5 Å². The summed E-state index contributed by atoms with van der Waals surface area (Å²) < 4.78 is 0. The lowest BCUT2D eigenvalue weighted by Gasteiger charge is -2.03. The molecular weight excluding hydrogens is 300 g/mol. The van der Waals surface area contributed by atoms with Crippen molar-refractivity contribution in [3.8, 4) is 0 Å². The highest BCUT2D eigenvalue weighted by molar-refractivity contribution is 5.24. The van der Waals surface area contributed by atoms with Crippen LogP contribution in [0.15, 0.2) is 89.7 Å². The molecule has 130 valence electrons. The maximum atomic E-state index is 3.67. The van der Waals surface area contributed by atoms with Gasteiger partial charge in [-0.2, -0.15) is 0 Å². The first kappa shape index (κ1) is 19.0. The van der Waals surface area contributed by atoms with Crippen molar-refractivity contribution in [3.05, 3.63) is 101 Å². The summed E-state index contributed by atoms with van der Waals surface area (Å²) in [5.74, 6) is 0. The maximum Gasteiger partial charge on any atom is -0.00607 e. The highest BCUT2D eigenvalue weighted by Gasteiger charge is 1.97. The van der Waals surface area contributed by atoms with Crippen molar-refractivity contribution in [1.29, 1.82) is 0 Å². The van der Waals surface area contributed by atoms with Crippen molar-refractivity contribution in [2.24, 2.45) is 0 Å². The summed E-state index contributed by atoms with van der Waals surface area (Å²) in [5, 5.41) is 0. The SMILES string of the molecule is CCC(=C=C(/C=C/CCc1ccccc1)CCc1ccccc1)CC. The summed E-state index contributed by atoms with van der Waals surface area (Å²) >= 11 is 0. The second kappa shape index (κ2) is 11.3. The number of allylic oxidation sites excluding steroid dienone is 3. The van der Waals surface area contributed by atoms with Crippen LogP contribution in [0, 0.1) is 0 Å². The van der Waals surface area contributed by atoms with Gasteiger partial charge >= 0.3 is 0 Å². The molecule has 0 nitrogen and oxygen atoms in total. The first-order valence-electron chi connectivity index (χ1n) is 9.53. The average Bonchev–Trinajstić information content (AvgIpc) is 2.68. The van der Waals surface area contributed by atoms with Crippen molar-refractivity contribution >= 4 is 0 Å². The molecule has 0 atom stereocenters. The molecule has 0 spiro atoms. The van der Waals surface area contributed by atoms with Crippen LogP contribution < -0.4 is 0 Å². The fraction of sp³-hybridized carbons (Fsp3) is 0.320. The molecule has 2 rings (SSSR count). The number of benzene rings is 2. The molecule has 0 aliphatic carbocycles. The standard InChI is InChI=1S/C25H30/c1-3-22(4-2)21-25(20-19-24-15-9-6-10-16-24)18-12-11-17-23-13-7-5-8-14-23/h5-10,12-16,18H,3-4,11,17,19-20H2,1-2H3/b18-12+. The van der Waals surface area contributed by atoms with Crippen LogP contribution in [0.3, 0.4) is 0 Å². The zero-order valence-corrected chi connectivity index (χ0v) is 15.7. The van der Waals surface area contributed by atoms with Crippen LogP contribution in [0.2, 0.25) is 0 Å². The smallest absolute Gasteiger partial charge is 0.00607 e. The topological polar surface area (TPSA) is 0 Å². The molecule has 2 aromatic rings. The van der Waals surface area contributed by atoms with E-state index in [2.05, 4.69) is 92.4 Å². The van der Waals surface area contributed by atoms with Crippen LogP contribution in [0.1, 0.15) is 50.7 Å². The second-order valence-electron chi connectivity index (χ2n) is 6.37. The van der Waals surface area contributed by atoms with Crippen molar-refractivity contribution in [2.45, 2.75) is 52.4 Å². The summed E-state index contributed by atoms with van der Waals surface area (Å²) in [4.78, 5) is 0. The Kier molecular flexibility index (Phi) is 8.59. The minimum atomic E-state index is 1.05. The van der Waals surface area contributed by atoms with Crippen LogP contribution >= 0.6 is 0 Å². The highest BCUT2D eigenvalue weighted by atomic mass is 14.0. The third-order valence-corrected chi connectivity index (χ3v) is 4.48. The first-order valence-corrected chi connectivity index (χ1v) is 9.53. The van der Waals surface area contributed by atoms with Gasteiger partial charge in [-0.1, -0.05) is 86.7 Å². The minimum absolute atomic E-state index is 1.05. The molecule has 0 bridgehead atoms. The first-order chi connectivity index (χ1) is 12.3. The molecule has 0 unspecified atom stereocenters. The minimum Gasteiger partial charge on any atom is -0.118 e. The Labute approximate surface area is 153 Å². The Morgan fingerprint density at radius 1 is 0.800 bits per heavy atom. The Balaban J connectivity index is 2.01. The molecule has 0 N–H and O–H groups in total. The highest BCUT2D eigenvalue weighted by Crippen LogP contribution is 2.14. The van der Waals surface area contributed by atoms with E-state index < -0.39 is 0 Å². The van der Waals surface area contributed by atoms with Crippen molar-refractivity contribution in [2.75, 3.05) is 0 Å². The summed E-state index contributed by atoms with van der Waals surface area (Å²) in [7, 11) is 0. The van der Waals surface area contributed by atoms with E-state index >= 15 is 0 Å². The lowest BCUT2D eigenvalue weighted by Crippen LogP contribution is -1.88. The molecule has 0 heterocycles. The zero-order valence-electron chi connectivity index (χ0n) is 15.7. The molecule has 0 saturated carbocycles. The average molecular weight is 331 g/mol. The monoisotopic (exact) mass is 330 g/mol. The Bertz CT molecular complexity index is 692. The molecule has 25 heavy (non-hydrogen) atoms. The molecule has 0 radical (unpaired) electrons. The Morgan fingerprint density at radius 3 is 1.92 bits per heavy atom. The van der Waals surface area contributed by atoms with Gasteiger partial charge in [0.15, 0.2) is 0 Å². The fourth-order valence-corrected chi connectivity index (χ4v) is 2.89. The largest absolute Gasteiger partial charge is 0.118 e. The second-order valence-corrected chi connectivity index (χ2v) is 6.37. The zero-order chi connectivity index (χ0) is 17.7. The number of hydrogen-bond acceptors (Lipinski definition) is 0. The van der Waals surface area contributed by atoms with Gasteiger partial charge in [-0.05, 0) is 60.8 Å². The van der Waals surface area contributed by atoms with Crippen molar-refractivity contribution in [1.82, 2.24) is 0 Å². The van der Waals surface area contributed by atoms with Gasteiger partial charge in [-0.3, -0.25) is 0 Å². The summed E-state index contributed by atoms with van der Waals surface area (Å²) in [6.45, 7) is 4.44. The van der Waals surface area contributed by atoms with E-state index in [0.29, 0.717) is 0 Å². The molecule has 0 aromatic heterocycles. The fourth-order valence-electron chi connectivity index (χ4n) is 2.89. The van der Waals surface area contributed by atoms with Gasteiger partial charge < -0.3 is 0 Å². The van der Waals surface area contributed by atoms with Gasteiger partial charge in [0.1, 0.15) is 0 Å². The van der Waals surface area contributed by atoms with Crippen LogP contribution in [-0.2, 0) is 12.8 Å². The summed E-state index contributed by atoms with van der Waals surface area (Å²) in [6.07, 6.45) is 11.1. The van der Waals surface area contributed by atoms with Gasteiger partial charge in [0, 0.05) is 0 Å². The molecule has 0 saturated heterocycles. The Morgan fingerprint density at radius 2 is 1.36 bits per heavy atom. The molecule has 0 heteroatoms. The van der Waals surface area contributed by atoms with Gasteiger partial charge in [0.2, 0.25) is 0 Å². The maximum absolute atomic E-state index is 3.67. The third kappa shape index (κ3) is 7.42. The van der Waals surface area contributed by atoms with E-state index in [4.69, 9.17) is 0 Å². The van der Waals surface area contributed by atoms with E-state index in [-0.39, 0.29) is 0 Å². The van der Waals surface area contributed by atoms with Gasteiger partial charge in [-0.25, -0.2) is 0 Å². The number of aryl methyl sites for hydroxylation is 2. The molecule has 2 aromatic carbocycles. The molecule has 0 aliphatic heterocycles. The van der Waals surface area contributed by atoms with E-state index in [1.54, 1.807) is 0 Å². The number of rotatable bonds is 9. The summed E-state index contributed by atoms with van der Waals surface area (Å²) in [5.41, 5.74) is 9.21. The van der Waals surface area contributed by atoms with Gasteiger partial charge in [-0.15, -0.1) is 5.73 Å². The Hall–Kier alpha value is -2.30. The van der Waals surface area contributed by atoms with Crippen LogP contribution in [0.4, 0.5) is 0 Å². The number of hydrogen-bond donors (Lipinski definition) is 0. The van der Waals surface area contributed by atoms with Crippen molar-refractivity contribution < 1.29 is 0 Å². The van der Waals surface area contributed by atoms with E-state index in [1.807, 2.05) is 0 Å².